The molecule has 0 bridgehead atoms. The molecule has 2 heterocycles. The van der Waals surface area contributed by atoms with Gasteiger partial charge >= 0.3 is 0 Å². The molecule has 0 unspecified atom stereocenters. The molecule has 1 saturated carbocycles. The second-order valence-corrected chi connectivity index (χ2v) is 13.7. The number of rotatable bonds is 7. The van der Waals surface area contributed by atoms with Crippen LogP contribution in [0.5, 0.6) is 0 Å². The monoisotopic (exact) mass is 572 g/mol. The Balaban J connectivity index is 0.000000496. The highest BCUT2D eigenvalue weighted by molar-refractivity contribution is 5.86. The summed E-state index contributed by atoms with van der Waals surface area (Å²) in [4.78, 5) is 42.2. The lowest BCUT2D eigenvalue weighted by molar-refractivity contribution is -0.147. The third-order valence-electron chi connectivity index (χ3n) is 9.08. The van der Waals surface area contributed by atoms with Gasteiger partial charge in [-0.2, -0.15) is 0 Å². The Morgan fingerprint density at radius 1 is 1.02 bits per heavy atom. The molecule has 0 aromatic heterocycles. The topological polar surface area (TPSA) is 81.8 Å². The van der Waals surface area contributed by atoms with Gasteiger partial charge in [0, 0.05) is 31.6 Å². The van der Waals surface area contributed by atoms with E-state index in [1.54, 1.807) is 17.0 Å². The number of carbonyl (C=O) groups is 3. The lowest BCUT2D eigenvalue weighted by Gasteiger charge is -2.48. The number of likely N-dealkylation sites (tertiary alicyclic amines) is 2. The molecule has 4 rings (SSSR count). The molecule has 230 valence electrons. The minimum atomic E-state index is -0.710. The SMILES string of the molecule is CC(C)(C)NC(=O)C1(C2CCCCC2)CCN(C(=O)[C@@H](Cc2ccc(F)cc2)NC=O)CC1.C[C@H]1CCCN(C)C1. The van der Waals surface area contributed by atoms with E-state index >= 15 is 0 Å². The summed E-state index contributed by atoms with van der Waals surface area (Å²) in [6.07, 6.45) is 10.6. The number of nitrogens with one attached hydrogen (secondary N) is 2. The van der Waals surface area contributed by atoms with Crippen molar-refractivity contribution < 1.29 is 18.8 Å². The lowest BCUT2D eigenvalue weighted by Crippen LogP contribution is -2.58. The van der Waals surface area contributed by atoms with Crippen LogP contribution in [-0.2, 0) is 20.8 Å². The van der Waals surface area contributed by atoms with Crippen LogP contribution in [0.15, 0.2) is 24.3 Å². The summed E-state index contributed by atoms with van der Waals surface area (Å²) in [7, 11) is 2.20. The van der Waals surface area contributed by atoms with Crippen LogP contribution in [-0.4, -0.2) is 72.8 Å². The van der Waals surface area contributed by atoms with Crippen molar-refractivity contribution in [2.24, 2.45) is 17.3 Å². The van der Waals surface area contributed by atoms with Gasteiger partial charge in [0.05, 0.1) is 5.41 Å². The molecule has 0 spiro atoms. The number of hydrogen-bond acceptors (Lipinski definition) is 4. The highest BCUT2D eigenvalue weighted by atomic mass is 19.1. The van der Waals surface area contributed by atoms with E-state index in [1.165, 1.54) is 44.5 Å². The fourth-order valence-electron chi connectivity index (χ4n) is 6.87. The molecule has 2 N–H and O–H groups in total. The fraction of sp³-hybridized carbons (Fsp3) is 0.727. The molecule has 3 fully saturated rings. The van der Waals surface area contributed by atoms with Crippen molar-refractivity contribution >= 4 is 18.2 Å². The average Bonchev–Trinajstić information content (AvgIpc) is 2.93. The molecule has 2 saturated heterocycles. The van der Waals surface area contributed by atoms with Crippen LogP contribution in [0, 0.1) is 23.1 Å². The molecule has 1 aromatic rings. The largest absolute Gasteiger partial charge is 0.351 e. The summed E-state index contributed by atoms with van der Waals surface area (Å²) >= 11 is 0. The standard InChI is InChI=1S/C26H38FN3O3.C7H15N/c1-25(2,3)29-24(33)26(20-7-5-4-6-8-20)13-15-30(16-14-26)23(32)22(28-18-31)17-19-9-11-21(27)12-10-19;1-7-4-3-5-8(2)6-7/h9-12,18,20,22H,4-8,13-17H2,1-3H3,(H,28,31)(H,29,33);7H,3-6H2,1-2H3/t22-;7-/m10/s1. The maximum atomic E-state index is 13.5. The summed E-state index contributed by atoms with van der Waals surface area (Å²) in [6, 6.07) is 5.25. The van der Waals surface area contributed by atoms with Crippen LogP contribution in [0.1, 0.15) is 91.0 Å². The Morgan fingerprint density at radius 2 is 1.66 bits per heavy atom. The summed E-state index contributed by atoms with van der Waals surface area (Å²) < 4.78 is 13.2. The fourth-order valence-corrected chi connectivity index (χ4v) is 6.87. The van der Waals surface area contributed by atoms with E-state index in [4.69, 9.17) is 0 Å². The van der Waals surface area contributed by atoms with Gasteiger partial charge in [0.1, 0.15) is 11.9 Å². The number of carbonyl (C=O) groups excluding carboxylic acids is 3. The first-order valence-electron chi connectivity index (χ1n) is 15.7. The maximum Gasteiger partial charge on any atom is 0.245 e. The van der Waals surface area contributed by atoms with E-state index in [0.29, 0.717) is 44.7 Å². The Hall–Kier alpha value is -2.48. The maximum absolute atomic E-state index is 13.5. The number of amides is 3. The van der Waals surface area contributed by atoms with Gasteiger partial charge < -0.3 is 20.4 Å². The van der Waals surface area contributed by atoms with Crippen molar-refractivity contribution in [3.63, 3.8) is 0 Å². The number of nitrogens with zero attached hydrogens (tertiary/aromatic N) is 2. The van der Waals surface area contributed by atoms with Gasteiger partial charge in [-0.1, -0.05) is 38.3 Å². The average molecular weight is 573 g/mol. The first-order valence-corrected chi connectivity index (χ1v) is 15.7. The Labute approximate surface area is 247 Å². The zero-order valence-electron chi connectivity index (χ0n) is 26.0. The van der Waals surface area contributed by atoms with Crippen LogP contribution < -0.4 is 10.6 Å². The summed E-state index contributed by atoms with van der Waals surface area (Å²) in [5, 5.41) is 5.86. The van der Waals surface area contributed by atoms with Crippen molar-refractivity contribution in [2.45, 2.75) is 103 Å². The molecule has 8 heteroatoms. The second kappa shape index (κ2) is 15.1. The molecule has 2 atom stereocenters. The molecule has 7 nitrogen and oxygen atoms in total. The minimum Gasteiger partial charge on any atom is -0.351 e. The smallest absolute Gasteiger partial charge is 0.245 e. The highest BCUT2D eigenvalue weighted by Crippen LogP contribution is 2.46. The second-order valence-electron chi connectivity index (χ2n) is 13.7. The third-order valence-corrected chi connectivity index (χ3v) is 9.08. The van der Waals surface area contributed by atoms with Crippen LogP contribution in [0.25, 0.3) is 0 Å². The van der Waals surface area contributed by atoms with Gasteiger partial charge in [-0.25, -0.2) is 4.39 Å². The van der Waals surface area contributed by atoms with Crippen molar-refractivity contribution in [3.8, 4) is 0 Å². The predicted octanol–water partition coefficient (Wildman–Crippen LogP) is 4.93. The van der Waals surface area contributed by atoms with Crippen LogP contribution in [0.4, 0.5) is 4.39 Å². The summed E-state index contributed by atoms with van der Waals surface area (Å²) in [6.45, 7) is 11.9. The van der Waals surface area contributed by atoms with Crippen LogP contribution >= 0.6 is 0 Å². The van der Waals surface area contributed by atoms with Crippen LogP contribution in [0.3, 0.4) is 0 Å². The van der Waals surface area contributed by atoms with Gasteiger partial charge in [0.2, 0.25) is 18.2 Å². The van der Waals surface area contributed by atoms with Crippen LogP contribution in [0.2, 0.25) is 0 Å². The molecule has 3 amide bonds. The van der Waals surface area contributed by atoms with E-state index in [-0.39, 0.29) is 23.2 Å². The predicted molar refractivity (Wildman–Crippen MR) is 162 cm³/mol. The number of piperidine rings is 2. The molecular weight excluding hydrogens is 519 g/mol. The molecule has 3 aliphatic rings. The minimum absolute atomic E-state index is 0.114. The van der Waals surface area contributed by atoms with Gasteiger partial charge in [-0.3, -0.25) is 14.4 Å². The van der Waals surface area contributed by atoms with E-state index in [9.17, 15) is 18.8 Å². The molecule has 1 aromatic carbocycles. The molecule has 41 heavy (non-hydrogen) atoms. The van der Waals surface area contributed by atoms with E-state index in [1.807, 2.05) is 20.8 Å². The third kappa shape index (κ3) is 9.79. The molecule has 2 aliphatic heterocycles. The van der Waals surface area contributed by atoms with Crippen molar-refractivity contribution in [3.05, 3.63) is 35.6 Å². The number of hydrogen-bond donors (Lipinski definition) is 2. The summed E-state index contributed by atoms with van der Waals surface area (Å²) in [5.41, 5.74) is 0.0247. The van der Waals surface area contributed by atoms with Gasteiger partial charge in [-0.15, -0.1) is 0 Å². The van der Waals surface area contributed by atoms with E-state index < -0.39 is 11.5 Å². The van der Waals surface area contributed by atoms with Crippen molar-refractivity contribution in [1.82, 2.24) is 20.4 Å². The quantitative estimate of drug-likeness (QED) is 0.454. The van der Waals surface area contributed by atoms with Gasteiger partial charge in [-0.05, 0) is 102 Å². The molecule has 1 aliphatic carbocycles. The van der Waals surface area contributed by atoms with Gasteiger partial charge in [0.25, 0.3) is 0 Å². The Bertz CT molecular complexity index is 971. The Morgan fingerprint density at radius 3 is 2.17 bits per heavy atom. The zero-order chi connectivity index (χ0) is 30.0. The number of halogens is 1. The lowest BCUT2D eigenvalue weighted by atomic mass is 9.63. The molecule has 0 radical (unpaired) electrons. The first kappa shape index (κ1) is 33.0. The Kier molecular flexibility index (Phi) is 12.2. The first-order chi connectivity index (χ1) is 19.4. The zero-order valence-corrected chi connectivity index (χ0v) is 26.0. The van der Waals surface area contributed by atoms with E-state index in [0.717, 1.165) is 37.2 Å². The number of benzene rings is 1. The molecular formula is C33H53FN4O3. The van der Waals surface area contributed by atoms with E-state index in [2.05, 4.69) is 29.5 Å². The highest BCUT2D eigenvalue weighted by Gasteiger charge is 2.49. The van der Waals surface area contributed by atoms with Crippen molar-refractivity contribution in [2.75, 3.05) is 33.2 Å². The van der Waals surface area contributed by atoms with Crippen molar-refractivity contribution in [1.29, 1.82) is 0 Å². The summed E-state index contributed by atoms with van der Waals surface area (Å²) in [5.74, 6) is 0.902. The van der Waals surface area contributed by atoms with Gasteiger partial charge in [0.15, 0.2) is 0 Å². The normalized spacial score (nSPS) is 22.6.